The molecule has 3 heterocycles. The molecule has 0 unspecified atom stereocenters. The molecule has 1 spiro atoms. The van der Waals surface area contributed by atoms with Gasteiger partial charge in [-0.3, -0.25) is 4.79 Å². The third-order valence-corrected chi connectivity index (χ3v) is 7.43. The summed E-state index contributed by atoms with van der Waals surface area (Å²) < 4.78 is 4.96. The Balaban J connectivity index is 1.36. The van der Waals surface area contributed by atoms with Crippen molar-refractivity contribution >= 4 is 34.9 Å². The van der Waals surface area contributed by atoms with E-state index in [1.54, 1.807) is 4.90 Å². The van der Waals surface area contributed by atoms with Crippen LogP contribution in [0.2, 0.25) is 5.02 Å². The third-order valence-electron chi connectivity index (χ3n) is 5.85. The number of thiophene rings is 1. The van der Waals surface area contributed by atoms with Crippen LogP contribution in [0.5, 0.6) is 0 Å². The lowest BCUT2D eigenvalue weighted by Crippen LogP contribution is -2.69. The first kappa shape index (κ1) is 17.1. The highest BCUT2D eigenvalue weighted by atomic mass is 35.5. The second-order valence-electron chi connectivity index (χ2n) is 8.07. The Morgan fingerprint density at radius 1 is 1.30 bits per heavy atom. The molecule has 1 aromatic heterocycles. The zero-order valence-corrected chi connectivity index (χ0v) is 16.5. The van der Waals surface area contributed by atoms with Crippen LogP contribution in [0.25, 0.3) is 10.4 Å². The molecule has 1 N–H and O–H groups in total. The number of carbonyl (C=O) groups excluding carboxylic acids is 2. The number of nitrogens with zero attached hydrogens (tertiary/aromatic N) is 1. The van der Waals surface area contributed by atoms with Crippen LogP contribution in [-0.4, -0.2) is 42.1 Å². The summed E-state index contributed by atoms with van der Waals surface area (Å²) >= 11 is 7.83. The van der Waals surface area contributed by atoms with Gasteiger partial charge in [0.15, 0.2) is 0 Å². The van der Waals surface area contributed by atoms with Crippen molar-refractivity contribution in [2.24, 2.45) is 0 Å². The van der Waals surface area contributed by atoms with Gasteiger partial charge in [0.1, 0.15) is 17.0 Å². The monoisotopic (exact) mass is 402 g/mol. The number of carbonyl (C=O) groups is 2. The van der Waals surface area contributed by atoms with Crippen LogP contribution in [0.1, 0.15) is 35.0 Å². The van der Waals surface area contributed by atoms with Crippen LogP contribution >= 0.6 is 22.9 Å². The van der Waals surface area contributed by atoms with Crippen molar-refractivity contribution in [3.8, 4) is 10.4 Å². The van der Waals surface area contributed by atoms with Gasteiger partial charge < -0.3 is 15.0 Å². The van der Waals surface area contributed by atoms with Gasteiger partial charge >= 0.3 is 6.09 Å². The highest BCUT2D eigenvalue weighted by Gasteiger charge is 2.51. The van der Waals surface area contributed by atoms with Crippen molar-refractivity contribution in [1.82, 2.24) is 10.2 Å². The molecule has 3 fully saturated rings. The van der Waals surface area contributed by atoms with Gasteiger partial charge in [0.2, 0.25) is 0 Å². The van der Waals surface area contributed by atoms with Gasteiger partial charge in [0.05, 0.1) is 5.02 Å². The van der Waals surface area contributed by atoms with Crippen LogP contribution in [0.3, 0.4) is 0 Å². The topological polar surface area (TPSA) is 58.6 Å². The first-order chi connectivity index (χ1) is 12.9. The number of rotatable bonds is 3. The van der Waals surface area contributed by atoms with Crippen LogP contribution in [0, 0.1) is 0 Å². The standard InChI is InChI=1S/C20H19ClN2O3S/c1-19(5-6-19)13-4-2-3-12(7-13)15-8-14(21)16(27-15)17(24)23-9-20(10-23)11-26-18(25)22-20/h2-4,7-8H,5-6,9-11H2,1H3,(H,22,25). The minimum Gasteiger partial charge on any atom is -0.447 e. The number of ether oxygens (including phenoxy) is 1. The molecule has 7 heteroatoms. The van der Waals surface area contributed by atoms with Crippen LogP contribution in [-0.2, 0) is 10.2 Å². The molecule has 1 aromatic carbocycles. The fraction of sp³-hybridized carbons (Fsp3) is 0.400. The normalized spacial score (nSPS) is 21.6. The Kier molecular flexibility index (Phi) is 3.62. The number of hydrogen-bond acceptors (Lipinski definition) is 4. The van der Waals surface area contributed by atoms with Gasteiger partial charge in [-0.2, -0.15) is 0 Å². The maximum Gasteiger partial charge on any atom is 0.407 e. The number of alkyl carbamates (subject to hydrolysis) is 1. The summed E-state index contributed by atoms with van der Waals surface area (Å²) in [6.45, 7) is 3.50. The first-order valence-electron chi connectivity index (χ1n) is 9.02. The van der Waals surface area contributed by atoms with E-state index in [0.29, 0.717) is 35.0 Å². The Bertz CT molecular complexity index is 960. The fourth-order valence-corrected chi connectivity index (χ4v) is 5.20. The Morgan fingerprint density at radius 3 is 2.74 bits per heavy atom. The van der Waals surface area contributed by atoms with E-state index in [-0.39, 0.29) is 5.91 Å². The van der Waals surface area contributed by atoms with Gasteiger partial charge in [-0.1, -0.05) is 36.7 Å². The maximum atomic E-state index is 12.8. The van der Waals surface area contributed by atoms with Crippen molar-refractivity contribution in [3.05, 3.63) is 45.8 Å². The number of benzene rings is 1. The molecule has 1 aliphatic carbocycles. The quantitative estimate of drug-likeness (QED) is 0.842. The number of likely N-dealkylation sites (tertiary alicyclic amines) is 1. The molecular formula is C20H19ClN2O3S. The van der Waals surface area contributed by atoms with Crippen molar-refractivity contribution < 1.29 is 14.3 Å². The lowest BCUT2D eigenvalue weighted by atomic mass is 9.91. The molecule has 2 saturated heterocycles. The summed E-state index contributed by atoms with van der Waals surface area (Å²) in [5, 5.41) is 3.27. The van der Waals surface area contributed by atoms with Gasteiger partial charge in [0, 0.05) is 18.0 Å². The SMILES string of the molecule is CC1(c2cccc(-c3cc(Cl)c(C(=O)N4CC5(COC(=O)N5)C4)s3)c2)CC1. The lowest BCUT2D eigenvalue weighted by Gasteiger charge is -2.45. The summed E-state index contributed by atoms with van der Waals surface area (Å²) in [5.41, 5.74) is 2.32. The highest BCUT2D eigenvalue weighted by Crippen LogP contribution is 2.48. The maximum absolute atomic E-state index is 12.8. The average Bonchev–Trinajstić information content (AvgIpc) is 3.08. The van der Waals surface area contributed by atoms with Gasteiger partial charge in [-0.25, -0.2) is 4.79 Å². The van der Waals surface area contributed by atoms with E-state index < -0.39 is 11.6 Å². The second-order valence-corrected chi connectivity index (χ2v) is 9.53. The molecule has 1 saturated carbocycles. The zero-order chi connectivity index (χ0) is 18.8. The molecule has 5 rings (SSSR count). The minimum atomic E-state index is -0.423. The molecule has 2 aliphatic heterocycles. The molecule has 140 valence electrons. The average molecular weight is 403 g/mol. The summed E-state index contributed by atoms with van der Waals surface area (Å²) in [5.74, 6) is -0.0895. The molecule has 5 nitrogen and oxygen atoms in total. The molecule has 3 aliphatic rings. The first-order valence-corrected chi connectivity index (χ1v) is 10.2. The summed E-state index contributed by atoms with van der Waals surface area (Å²) in [4.78, 5) is 27.4. The Morgan fingerprint density at radius 2 is 2.07 bits per heavy atom. The van der Waals surface area contributed by atoms with E-state index in [2.05, 4.69) is 36.5 Å². The summed E-state index contributed by atoms with van der Waals surface area (Å²) in [6, 6.07) is 10.4. The molecule has 0 bridgehead atoms. The van der Waals surface area contributed by atoms with Crippen molar-refractivity contribution in [1.29, 1.82) is 0 Å². The van der Waals surface area contributed by atoms with Crippen molar-refractivity contribution in [2.75, 3.05) is 19.7 Å². The van der Waals surface area contributed by atoms with Gasteiger partial charge in [-0.15, -0.1) is 11.3 Å². The van der Waals surface area contributed by atoms with Crippen molar-refractivity contribution in [3.63, 3.8) is 0 Å². The van der Waals surface area contributed by atoms with E-state index in [0.717, 1.165) is 10.4 Å². The predicted molar refractivity (Wildman–Crippen MR) is 104 cm³/mol. The van der Waals surface area contributed by atoms with Crippen molar-refractivity contribution in [2.45, 2.75) is 30.7 Å². The molecule has 0 atom stereocenters. The van der Waals surface area contributed by atoms with E-state index in [1.165, 1.54) is 29.7 Å². The summed E-state index contributed by atoms with van der Waals surface area (Å²) in [7, 11) is 0. The van der Waals surface area contributed by atoms with E-state index in [9.17, 15) is 9.59 Å². The van der Waals surface area contributed by atoms with Gasteiger partial charge in [-0.05, 0) is 41.5 Å². The number of nitrogens with one attached hydrogen (secondary N) is 1. The smallest absolute Gasteiger partial charge is 0.407 e. The number of halogens is 1. The number of cyclic esters (lactones) is 1. The van der Waals surface area contributed by atoms with Crippen LogP contribution < -0.4 is 5.32 Å². The highest BCUT2D eigenvalue weighted by molar-refractivity contribution is 7.18. The van der Waals surface area contributed by atoms with Crippen LogP contribution in [0.4, 0.5) is 4.79 Å². The molecular weight excluding hydrogens is 384 g/mol. The molecule has 2 aromatic rings. The molecule has 27 heavy (non-hydrogen) atoms. The Hall–Kier alpha value is -2.05. The Labute approximate surface area is 166 Å². The fourth-order valence-electron chi connectivity index (χ4n) is 3.82. The third kappa shape index (κ3) is 2.82. The largest absolute Gasteiger partial charge is 0.447 e. The minimum absolute atomic E-state index is 0.0895. The molecule has 2 amide bonds. The van der Waals surface area contributed by atoms with E-state index >= 15 is 0 Å². The van der Waals surface area contributed by atoms with E-state index in [4.69, 9.17) is 16.3 Å². The summed E-state index contributed by atoms with van der Waals surface area (Å²) in [6.07, 6.45) is 2.04. The predicted octanol–water partition coefficient (Wildman–Crippen LogP) is 4.05. The molecule has 0 radical (unpaired) electrons. The van der Waals surface area contributed by atoms with E-state index in [1.807, 2.05) is 6.07 Å². The number of hydrogen-bond donors (Lipinski definition) is 1. The zero-order valence-electron chi connectivity index (χ0n) is 14.9. The van der Waals surface area contributed by atoms with Crippen LogP contribution in [0.15, 0.2) is 30.3 Å². The lowest BCUT2D eigenvalue weighted by molar-refractivity contribution is 0.0322. The number of amides is 2. The van der Waals surface area contributed by atoms with Gasteiger partial charge in [0.25, 0.3) is 5.91 Å². The second kappa shape index (κ2) is 5.72.